The number of aromatic amines is 1. The average Bonchev–Trinajstić information content (AvgIpc) is 3.25. The van der Waals surface area contributed by atoms with E-state index in [4.69, 9.17) is 4.74 Å². The molecule has 27 heavy (non-hydrogen) atoms. The SMILES string of the molecule is COC(=O)c1cn(-c2n[nH]c(C)n2)cc2c(=O)n(-c3ccccc3C)nc1-2. The number of rotatable bonds is 3. The number of nitrogens with zero attached hydrogens (tertiary/aromatic N) is 5. The van der Waals surface area contributed by atoms with Gasteiger partial charge in [0, 0.05) is 12.4 Å². The lowest BCUT2D eigenvalue weighted by Crippen LogP contribution is -2.16. The van der Waals surface area contributed by atoms with Crippen molar-refractivity contribution >= 4 is 5.97 Å². The van der Waals surface area contributed by atoms with Gasteiger partial charge in [-0.3, -0.25) is 14.5 Å². The first-order chi connectivity index (χ1) is 13.0. The number of H-pyrrole nitrogens is 1. The molecule has 2 aliphatic heterocycles. The van der Waals surface area contributed by atoms with Gasteiger partial charge in [-0.15, -0.1) is 5.10 Å². The lowest BCUT2D eigenvalue weighted by atomic mass is 10.1. The fraction of sp³-hybridized carbons (Fsp3) is 0.167. The largest absolute Gasteiger partial charge is 0.465 e. The lowest BCUT2D eigenvalue weighted by molar-refractivity contribution is 0.0600. The number of pyridine rings is 1. The zero-order valence-corrected chi connectivity index (χ0v) is 14.9. The van der Waals surface area contributed by atoms with E-state index >= 15 is 0 Å². The molecule has 0 fully saturated rings. The molecule has 1 aromatic carbocycles. The van der Waals surface area contributed by atoms with Gasteiger partial charge in [-0.1, -0.05) is 18.2 Å². The Morgan fingerprint density at radius 3 is 2.63 bits per heavy atom. The number of benzene rings is 1. The molecule has 0 amide bonds. The van der Waals surface area contributed by atoms with Crippen LogP contribution >= 0.6 is 0 Å². The van der Waals surface area contributed by atoms with E-state index < -0.39 is 5.97 Å². The van der Waals surface area contributed by atoms with Crippen molar-refractivity contribution in [3.8, 4) is 22.9 Å². The van der Waals surface area contributed by atoms with Gasteiger partial charge in [-0.05, 0) is 25.5 Å². The molecule has 2 aliphatic rings. The van der Waals surface area contributed by atoms with E-state index in [1.165, 1.54) is 22.6 Å². The van der Waals surface area contributed by atoms with Gasteiger partial charge >= 0.3 is 5.97 Å². The summed E-state index contributed by atoms with van der Waals surface area (Å²) in [5, 5.41) is 11.2. The van der Waals surface area contributed by atoms with Crippen molar-refractivity contribution in [3.63, 3.8) is 0 Å². The molecule has 9 nitrogen and oxygen atoms in total. The van der Waals surface area contributed by atoms with Gasteiger partial charge in [0.1, 0.15) is 17.1 Å². The number of hydrogen-bond acceptors (Lipinski definition) is 6. The highest BCUT2D eigenvalue weighted by atomic mass is 16.5. The second kappa shape index (κ2) is 6.20. The Hall–Kier alpha value is -3.75. The number of fused-ring (bicyclic) bond motifs is 1. The van der Waals surface area contributed by atoms with Crippen molar-refractivity contribution in [1.82, 2.24) is 29.5 Å². The molecule has 0 aliphatic carbocycles. The van der Waals surface area contributed by atoms with E-state index in [0.29, 0.717) is 17.5 Å². The first kappa shape index (κ1) is 16.7. The van der Waals surface area contributed by atoms with E-state index in [1.54, 1.807) is 19.2 Å². The maximum Gasteiger partial charge on any atom is 0.341 e. The van der Waals surface area contributed by atoms with E-state index in [2.05, 4.69) is 20.3 Å². The summed E-state index contributed by atoms with van der Waals surface area (Å²) < 4.78 is 7.66. The zero-order valence-electron chi connectivity index (χ0n) is 14.9. The minimum Gasteiger partial charge on any atom is -0.465 e. The maximum absolute atomic E-state index is 13.0. The summed E-state index contributed by atoms with van der Waals surface area (Å²) >= 11 is 0. The maximum atomic E-state index is 13.0. The monoisotopic (exact) mass is 364 g/mol. The first-order valence-electron chi connectivity index (χ1n) is 8.18. The molecule has 0 atom stereocenters. The van der Waals surface area contributed by atoms with Gasteiger partial charge in [0.15, 0.2) is 0 Å². The van der Waals surface area contributed by atoms with Crippen molar-refractivity contribution in [2.45, 2.75) is 13.8 Å². The third-order valence-corrected chi connectivity index (χ3v) is 4.23. The molecule has 0 unspecified atom stereocenters. The van der Waals surface area contributed by atoms with Crippen molar-refractivity contribution in [1.29, 1.82) is 0 Å². The van der Waals surface area contributed by atoms with Crippen molar-refractivity contribution < 1.29 is 9.53 Å². The Bertz CT molecular complexity index is 1190. The molecule has 9 heteroatoms. The van der Waals surface area contributed by atoms with Crippen LogP contribution in [0.2, 0.25) is 0 Å². The third kappa shape index (κ3) is 2.69. The Kier molecular flexibility index (Phi) is 3.84. The predicted octanol–water partition coefficient (Wildman–Crippen LogP) is 1.65. The molecule has 4 rings (SSSR count). The topological polar surface area (TPSA) is 108 Å². The highest BCUT2D eigenvalue weighted by Gasteiger charge is 2.26. The molecule has 1 aromatic heterocycles. The van der Waals surface area contributed by atoms with Crippen LogP contribution in [0.1, 0.15) is 21.7 Å². The van der Waals surface area contributed by atoms with Crippen LogP contribution in [0.4, 0.5) is 0 Å². The quantitative estimate of drug-likeness (QED) is 0.554. The van der Waals surface area contributed by atoms with E-state index in [1.807, 2.05) is 25.1 Å². The van der Waals surface area contributed by atoms with Gasteiger partial charge in [-0.2, -0.15) is 14.8 Å². The molecule has 0 saturated heterocycles. The van der Waals surface area contributed by atoms with Crippen LogP contribution < -0.4 is 5.56 Å². The van der Waals surface area contributed by atoms with Crippen LogP contribution in [-0.4, -0.2) is 42.6 Å². The molecule has 0 spiro atoms. The molecule has 2 aromatic rings. The third-order valence-electron chi connectivity index (χ3n) is 4.23. The fourth-order valence-electron chi connectivity index (χ4n) is 2.89. The predicted molar refractivity (Wildman–Crippen MR) is 96.5 cm³/mol. The zero-order chi connectivity index (χ0) is 19.1. The van der Waals surface area contributed by atoms with Gasteiger partial charge in [-0.25, -0.2) is 4.79 Å². The van der Waals surface area contributed by atoms with Gasteiger partial charge in [0.2, 0.25) is 0 Å². The molecule has 1 N–H and O–H groups in total. The van der Waals surface area contributed by atoms with E-state index in [9.17, 15) is 9.59 Å². The number of methoxy groups -OCH3 is 1. The summed E-state index contributed by atoms with van der Waals surface area (Å²) in [4.78, 5) is 29.6. The molecule has 0 bridgehead atoms. The Labute approximate surface area is 153 Å². The summed E-state index contributed by atoms with van der Waals surface area (Å²) in [5.41, 5.74) is 1.88. The second-order valence-corrected chi connectivity index (χ2v) is 6.06. The molecular formula is C18H16N6O3. The fourth-order valence-corrected chi connectivity index (χ4v) is 2.89. The number of nitrogens with one attached hydrogen (secondary N) is 1. The molecule has 136 valence electrons. The normalized spacial score (nSPS) is 11.1. The minimum atomic E-state index is -0.601. The van der Waals surface area contributed by atoms with Gasteiger partial charge in [0.25, 0.3) is 11.5 Å². The number of hydrogen-bond donors (Lipinski definition) is 1. The van der Waals surface area contributed by atoms with Crippen molar-refractivity contribution in [2.24, 2.45) is 0 Å². The summed E-state index contributed by atoms with van der Waals surface area (Å²) in [7, 11) is 1.28. The highest BCUT2D eigenvalue weighted by molar-refractivity contribution is 5.96. The van der Waals surface area contributed by atoms with Crippen LogP contribution in [0.3, 0.4) is 0 Å². The Morgan fingerprint density at radius 1 is 1.19 bits per heavy atom. The summed E-state index contributed by atoms with van der Waals surface area (Å²) in [6.45, 7) is 3.64. The number of aryl methyl sites for hydroxylation is 2. The number of ether oxygens (including phenoxy) is 1. The standard InChI is InChI=1S/C18H16N6O3/c1-10-6-4-5-7-14(10)24-16(25)12-8-23(18-19-11(2)20-21-18)9-13(15(12)22-24)17(26)27-3/h4-9H,1-3H3,(H,19,20,21). The van der Waals surface area contributed by atoms with Crippen molar-refractivity contribution in [3.05, 3.63) is 64.0 Å². The number of esters is 1. The smallest absolute Gasteiger partial charge is 0.341 e. The molecule has 0 saturated carbocycles. The number of aromatic nitrogens is 6. The average molecular weight is 364 g/mol. The lowest BCUT2D eigenvalue weighted by Gasteiger charge is -2.08. The Balaban J connectivity index is 2.02. The minimum absolute atomic E-state index is 0.155. The van der Waals surface area contributed by atoms with Crippen LogP contribution in [0.5, 0.6) is 0 Å². The van der Waals surface area contributed by atoms with Gasteiger partial charge in [0.05, 0.1) is 18.4 Å². The van der Waals surface area contributed by atoms with E-state index in [0.717, 1.165) is 5.56 Å². The first-order valence-corrected chi connectivity index (χ1v) is 8.18. The number of carbonyl (C=O) groups is 1. The van der Waals surface area contributed by atoms with E-state index in [-0.39, 0.29) is 22.4 Å². The van der Waals surface area contributed by atoms with Crippen LogP contribution in [-0.2, 0) is 4.74 Å². The van der Waals surface area contributed by atoms with Crippen LogP contribution in [0.25, 0.3) is 22.9 Å². The van der Waals surface area contributed by atoms with Crippen molar-refractivity contribution in [2.75, 3.05) is 7.11 Å². The van der Waals surface area contributed by atoms with Gasteiger partial charge < -0.3 is 4.74 Å². The molecular weight excluding hydrogens is 348 g/mol. The number of para-hydroxylation sites is 1. The highest BCUT2D eigenvalue weighted by Crippen LogP contribution is 2.24. The number of carbonyl (C=O) groups excluding carboxylic acids is 1. The Morgan fingerprint density at radius 2 is 1.96 bits per heavy atom. The summed E-state index contributed by atoms with van der Waals surface area (Å²) in [5.74, 6) is 0.314. The summed E-state index contributed by atoms with van der Waals surface area (Å²) in [6, 6.07) is 7.39. The summed E-state index contributed by atoms with van der Waals surface area (Å²) in [6.07, 6.45) is 3.07. The second-order valence-electron chi connectivity index (χ2n) is 6.06. The molecule has 0 radical (unpaired) electrons. The molecule has 3 heterocycles. The van der Waals surface area contributed by atoms with Crippen LogP contribution in [0.15, 0.2) is 41.5 Å². The van der Waals surface area contributed by atoms with Crippen LogP contribution in [0, 0.1) is 13.8 Å².